The van der Waals surface area contributed by atoms with Gasteiger partial charge in [0.25, 0.3) is 5.56 Å². The van der Waals surface area contributed by atoms with E-state index in [9.17, 15) is 4.79 Å². The van der Waals surface area contributed by atoms with Crippen molar-refractivity contribution in [1.82, 2.24) is 9.97 Å². The van der Waals surface area contributed by atoms with Crippen molar-refractivity contribution in [2.24, 2.45) is 0 Å². The fourth-order valence-corrected chi connectivity index (χ4v) is 1.11. The van der Waals surface area contributed by atoms with Crippen LogP contribution < -0.4 is 10.9 Å². The third-order valence-corrected chi connectivity index (χ3v) is 2.10. The highest BCUT2D eigenvalue weighted by molar-refractivity contribution is 9.10. The van der Waals surface area contributed by atoms with Crippen LogP contribution in [0.25, 0.3) is 0 Å². The number of aliphatic hydroxyl groups excluding tert-OH is 1. The van der Waals surface area contributed by atoms with E-state index in [1.807, 2.05) is 0 Å². The molecule has 0 amide bonds. The molecule has 5 nitrogen and oxygen atoms in total. The molecule has 0 aliphatic heterocycles. The molecular weight excluding hydrogens is 238 g/mol. The van der Waals surface area contributed by atoms with E-state index in [0.717, 1.165) is 0 Å². The summed E-state index contributed by atoms with van der Waals surface area (Å²) in [6, 6.07) is 0. The summed E-state index contributed by atoms with van der Waals surface area (Å²) in [4.78, 5) is 17.3. The van der Waals surface area contributed by atoms with Gasteiger partial charge in [-0.05, 0) is 22.9 Å². The molecule has 1 aromatic rings. The Balaban J connectivity index is 2.77. The van der Waals surface area contributed by atoms with Gasteiger partial charge in [-0.2, -0.15) is 0 Å². The van der Waals surface area contributed by atoms with Gasteiger partial charge in [-0.25, -0.2) is 4.98 Å². The first-order valence-electron chi connectivity index (χ1n) is 3.76. The first kappa shape index (κ1) is 10.2. The molecule has 0 radical (unpaired) electrons. The van der Waals surface area contributed by atoms with Gasteiger partial charge in [0.15, 0.2) is 0 Å². The lowest BCUT2D eigenvalue weighted by Crippen LogP contribution is -2.19. The summed E-state index contributed by atoms with van der Waals surface area (Å²) in [5.74, 6) is 0.435. The third-order valence-electron chi connectivity index (χ3n) is 1.36. The number of halogens is 1. The van der Waals surface area contributed by atoms with Gasteiger partial charge in [-0.15, -0.1) is 0 Å². The molecule has 1 heterocycles. The lowest BCUT2D eigenvalue weighted by Gasteiger charge is -2.07. The Kier molecular flexibility index (Phi) is 3.44. The number of H-pyrrole nitrogens is 1. The van der Waals surface area contributed by atoms with E-state index in [1.54, 1.807) is 6.92 Å². The highest BCUT2D eigenvalue weighted by Crippen LogP contribution is 2.12. The zero-order valence-corrected chi connectivity index (χ0v) is 8.63. The van der Waals surface area contributed by atoms with Gasteiger partial charge in [0, 0.05) is 6.54 Å². The standard InChI is InChI=1S/C7H10BrN3O2/c1-4(12)2-9-6-5(8)7(13)11-3-10-6/h3-4,12H,2H2,1H3,(H2,9,10,11,13). The molecule has 3 N–H and O–H groups in total. The first-order valence-corrected chi connectivity index (χ1v) is 4.55. The summed E-state index contributed by atoms with van der Waals surface area (Å²) >= 11 is 3.08. The number of anilines is 1. The monoisotopic (exact) mass is 247 g/mol. The molecule has 0 saturated heterocycles. The Hall–Kier alpha value is -0.880. The van der Waals surface area contributed by atoms with Crippen LogP contribution in [0.3, 0.4) is 0 Å². The van der Waals surface area contributed by atoms with Gasteiger partial charge < -0.3 is 15.4 Å². The van der Waals surface area contributed by atoms with E-state index in [4.69, 9.17) is 5.11 Å². The number of nitrogens with one attached hydrogen (secondary N) is 2. The fraction of sp³-hybridized carbons (Fsp3) is 0.429. The van der Waals surface area contributed by atoms with Crippen LogP contribution in [0.2, 0.25) is 0 Å². The van der Waals surface area contributed by atoms with E-state index >= 15 is 0 Å². The maximum atomic E-state index is 11.0. The van der Waals surface area contributed by atoms with Gasteiger partial charge in [0.1, 0.15) is 10.3 Å². The molecule has 0 aromatic carbocycles. The molecule has 1 unspecified atom stereocenters. The summed E-state index contributed by atoms with van der Waals surface area (Å²) in [5, 5.41) is 11.8. The minimum absolute atomic E-state index is 0.247. The number of hydrogen-bond acceptors (Lipinski definition) is 4. The van der Waals surface area contributed by atoms with Crippen LogP contribution in [0.4, 0.5) is 5.82 Å². The normalized spacial score (nSPS) is 12.5. The third kappa shape index (κ3) is 2.82. The van der Waals surface area contributed by atoms with Crippen molar-refractivity contribution in [3.05, 3.63) is 21.2 Å². The number of aromatic nitrogens is 2. The number of rotatable bonds is 3. The molecule has 1 aromatic heterocycles. The summed E-state index contributed by atoms with van der Waals surface area (Å²) in [7, 11) is 0. The number of nitrogens with zero attached hydrogens (tertiary/aromatic N) is 1. The molecule has 6 heteroatoms. The average Bonchev–Trinajstić information content (AvgIpc) is 2.07. The minimum atomic E-state index is -0.479. The van der Waals surface area contributed by atoms with Crippen molar-refractivity contribution < 1.29 is 5.11 Å². The van der Waals surface area contributed by atoms with Crippen molar-refractivity contribution in [3.63, 3.8) is 0 Å². The Labute approximate surface area is 83.3 Å². The maximum Gasteiger partial charge on any atom is 0.267 e. The van der Waals surface area contributed by atoms with Crippen LogP contribution in [-0.4, -0.2) is 27.7 Å². The van der Waals surface area contributed by atoms with Crippen LogP contribution in [-0.2, 0) is 0 Å². The zero-order chi connectivity index (χ0) is 9.84. The lowest BCUT2D eigenvalue weighted by molar-refractivity contribution is 0.208. The Morgan fingerprint density at radius 1 is 1.85 bits per heavy atom. The second kappa shape index (κ2) is 4.38. The van der Waals surface area contributed by atoms with Crippen molar-refractivity contribution in [2.45, 2.75) is 13.0 Å². The second-order valence-corrected chi connectivity index (χ2v) is 3.42. The molecule has 0 aliphatic rings. The zero-order valence-electron chi connectivity index (χ0n) is 7.04. The highest BCUT2D eigenvalue weighted by atomic mass is 79.9. The summed E-state index contributed by atoms with van der Waals surface area (Å²) < 4.78 is 0.343. The van der Waals surface area contributed by atoms with Crippen molar-refractivity contribution >= 4 is 21.7 Å². The molecule has 72 valence electrons. The highest BCUT2D eigenvalue weighted by Gasteiger charge is 2.04. The average molecular weight is 248 g/mol. The van der Waals surface area contributed by atoms with Gasteiger partial charge in [-0.3, -0.25) is 4.79 Å². The van der Waals surface area contributed by atoms with Crippen LogP contribution >= 0.6 is 15.9 Å². The molecule has 0 spiro atoms. The van der Waals surface area contributed by atoms with Crippen LogP contribution in [0.5, 0.6) is 0 Å². The van der Waals surface area contributed by atoms with Gasteiger partial charge in [0.2, 0.25) is 0 Å². The topological polar surface area (TPSA) is 78.0 Å². The van der Waals surface area contributed by atoms with Gasteiger partial charge >= 0.3 is 0 Å². The minimum Gasteiger partial charge on any atom is -0.392 e. The number of hydrogen-bond donors (Lipinski definition) is 3. The quantitative estimate of drug-likeness (QED) is 0.720. The largest absolute Gasteiger partial charge is 0.392 e. The summed E-state index contributed by atoms with van der Waals surface area (Å²) in [5.41, 5.74) is -0.247. The smallest absolute Gasteiger partial charge is 0.267 e. The second-order valence-electron chi connectivity index (χ2n) is 2.62. The van der Waals surface area contributed by atoms with Crippen LogP contribution in [0.1, 0.15) is 6.92 Å². The first-order chi connectivity index (χ1) is 6.11. The molecule has 0 saturated carbocycles. The summed E-state index contributed by atoms with van der Waals surface area (Å²) in [6.45, 7) is 2.00. The molecule has 0 bridgehead atoms. The van der Waals surface area contributed by atoms with Crippen molar-refractivity contribution in [1.29, 1.82) is 0 Å². The van der Waals surface area contributed by atoms with Gasteiger partial charge in [-0.1, -0.05) is 0 Å². The molecule has 13 heavy (non-hydrogen) atoms. The molecule has 0 aliphatic carbocycles. The van der Waals surface area contributed by atoms with Crippen molar-refractivity contribution in [3.8, 4) is 0 Å². The van der Waals surface area contributed by atoms with Crippen molar-refractivity contribution in [2.75, 3.05) is 11.9 Å². The fourth-order valence-electron chi connectivity index (χ4n) is 0.751. The molecule has 0 fully saturated rings. The van der Waals surface area contributed by atoms with Gasteiger partial charge in [0.05, 0.1) is 12.4 Å². The van der Waals surface area contributed by atoms with E-state index < -0.39 is 6.10 Å². The van der Waals surface area contributed by atoms with E-state index in [1.165, 1.54) is 6.33 Å². The van der Waals surface area contributed by atoms with Crippen LogP contribution in [0, 0.1) is 0 Å². The maximum absolute atomic E-state index is 11.0. The molecular formula is C7H10BrN3O2. The number of aliphatic hydroxyl groups is 1. The predicted octanol–water partition coefficient (Wildman–Crippen LogP) is 0.325. The number of aromatic amines is 1. The van der Waals surface area contributed by atoms with E-state index in [0.29, 0.717) is 16.8 Å². The SMILES string of the molecule is CC(O)CNc1nc[nH]c(=O)c1Br. The van der Waals surface area contributed by atoms with Crippen LogP contribution in [0.15, 0.2) is 15.6 Å². The predicted molar refractivity (Wildman–Crippen MR) is 52.7 cm³/mol. The Morgan fingerprint density at radius 3 is 3.15 bits per heavy atom. The summed E-state index contributed by atoms with van der Waals surface area (Å²) in [6.07, 6.45) is 0.824. The Bertz CT molecular complexity index is 337. The Morgan fingerprint density at radius 2 is 2.54 bits per heavy atom. The van der Waals surface area contributed by atoms with E-state index in [-0.39, 0.29) is 5.56 Å². The van der Waals surface area contributed by atoms with E-state index in [2.05, 4.69) is 31.2 Å². The lowest BCUT2D eigenvalue weighted by atomic mass is 10.4. The molecule has 1 atom stereocenters. The molecule has 1 rings (SSSR count).